The predicted octanol–water partition coefficient (Wildman–Crippen LogP) is 8.52. The highest BCUT2D eigenvalue weighted by atomic mass is 16.5. The standard InChI is InChI=1S/C12H24O4.10CH4/c1-3-7-14-9-6-10-15-8-4-5-11-16-12(2)13;;;;;;;;;;/h3-11H2,1-2H3;10*1H4. The van der Waals surface area contributed by atoms with Crippen LogP contribution in [0.4, 0.5) is 0 Å². The Morgan fingerprint density at radius 2 is 0.923 bits per heavy atom. The number of carbonyl (C=O) groups excluding carboxylic acids is 1. The third kappa shape index (κ3) is 76.4. The second-order valence-corrected chi connectivity index (χ2v) is 3.63. The predicted molar refractivity (Wildman–Crippen MR) is 130 cm³/mol. The molecule has 0 unspecified atom stereocenters. The third-order valence-corrected chi connectivity index (χ3v) is 1.91. The minimum atomic E-state index is -0.214. The fraction of sp³-hybridized carbons (Fsp3) is 0.955. The molecule has 26 heavy (non-hydrogen) atoms. The molecule has 0 atom stereocenters. The van der Waals surface area contributed by atoms with Crippen LogP contribution in [-0.2, 0) is 19.0 Å². The maximum atomic E-state index is 10.4. The van der Waals surface area contributed by atoms with Gasteiger partial charge in [0.05, 0.1) is 6.61 Å². The zero-order valence-corrected chi connectivity index (χ0v) is 10.5. The Labute approximate surface area is 172 Å². The van der Waals surface area contributed by atoms with Crippen molar-refractivity contribution >= 4 is 5.97 Å². The van der Waals surface area contributed by atoms with Gasteiger partial charge in [-0.1, -0.05) is 81.2 Å². The van der Waals surface area contributed by atoms with Crippen LogP contribution in [0.2, 0.25) is 0 Å². The Morgan fingerprint density at radius 3 is 1.31 bits per heavy atom. The van der Waals surface area contributed by atoms with Gasteiger partial charge in [0.2, 0.25) is 0 Å². The molecule has 4 heteroatoms. The summed E-state index contributed by atoms with van der Waals surface area (Å²) in [4.78, 5) is 10.4. The zero-order valence-electron chi connectivity index (χ0n) is 10.5. The van der Waals surface area contributed by atoms with E-state index in [4.69, 9.17) is 14.2 Å². The highest BCUT2D eigenvalue weighted by molar-refractivity contribution is 5.65. The molecule has 0 N–H and O–H groups in total. The summed E-state index contributed by atoms with van der Waals surface area (Å²) in [6, 6.07) is 0. The maximum Gasteiger partial charge on any atom is 0.302 e. The normalized spacial score (nSPS) is 6.38. The van der Waals surface area contributed by atoms with E-state index in [1.165, 1.54) is 6.92 Å². The summed E-state index contributed by atoms with van der Waals surface area (Å²) in [6.45, 7) is 7.11. The van der Waals surface area contributed by atoms with Crippen LogP contribution in [-0.4, -0.2) is 39.0 Å². The van der Waals surface area contributed by atoms with Crippen molar-refractivity contribution < 1.29 is 19.0 Å². The maximum absolute atomic E-state index is 10.4. The van der Waals surface area contributed by atoms with Gasteiger partial charge in [0, 0.05) is 33.4 Å². The molecule has 0 saturated heterocycles. The highest BCUT2D eigenvalue weighted by Crippen LogP contribution is 1.93. The van der Waals surface area contributed by atoms with Crippen molar-refractivity contribution in [2.75, 3.05) is 33.0 Å². The number of hydrogen-bond donors (Lipinski definition) is 0. The summed E-state index contributed by atoms with van der Waals surface area (Å²) in [7, 11) is 0. The number of carbonyl (C=O) groups is 1. The molecule has 0 aromatic carbocycles. The van der Waals surface area contributed by atoms with Crippen LogP contribution in [0.1, 0.15) is 114 Å². The number of esters is 1. The van der Waals surface area contributed by atoms with E-state index in [9.17, 15) is 4.79 Å². The van der Waals surface area contributed by atoms with Gasteiger partial charge in [-0.2, -0.15) is 0 Å². The average molecular weight is 393 g/mol. The van der Waals surface area contributed by atoms with Gasteiger partial charge in [-0.05, 0) is 25.7 Å². The molecular weight excluding hydrogens is 328 g/mol. The van der Waals surface area contributed by atoms with E-state index >= 15 is 0 Å². The molecule has 0 aliphatic carbocycles. The lowest BCUT2D eigenvalue weighted by atomic mass is 10.3. The van der Waals surface area contributed by atoms with E-state index in [1.807, 2.05) is 0 Å². The van der Waals surface area contributed by atoms with Gasteiger partial charge in [-0.25, -0.2) is 0 Å². The molecule has 0 aliphatic heterocycles. The van der Waals surface area contributed by atoms with E-state index in [-0.39, 0.29) is 80.2 Å². The van der Waals surface area contributed by atoms with Crippen molar-refractivity contribution in [3.8, 4) is 0 Å². The van der Waals surface area contributed by atoms with Crippen molar-refractivity contribution in [2.24, 2.45) is 0 Å². The van der Waals surface area contributed by atoms with Crippen molar-refractivity contribution in [1.29, 1.82) is 0 Å². The first kappa shape index (κ1) is 72.9. The fourth-order valence-corrected chi connectivity index (χ4v) is 1.13. The smallest absolute Gasteiger partial charge is 0.302 e. The molecule has 0 amide bonds. The summed E-state index contributed by atoms with van der Waals surface area (Å²) in [5, 5.41) is 0. The summed E-state index contributed by atoms with van der Waals surface area (Å²) in [6.07, 6.45) is 3.82. The molecule has 176 valence electrons. The Hall–Kier alpha value is -0.610. The molecule has 0 bridgehead atoms. The molecule has 4 nitrogen and oxygen atoms in total. The van der Waals surface area contributed by atoms with Gasteiger partial charge in [0.1, 0.15) is 0 Å². The topological polar surface area (TPSA) is 44.8 Å². The van der Waals surface area contributed by atoms with E-state index in [0.717, 1.165) is 52.1 Å². The number of rotatable bonds is 11. The van der Waals surface area contributed by atoms with Crippen LogP contribution in [0, 0.1) is 0 Å². The third-order valence-electron chi connectivity index (χ3n) is 1.91. The molecular formula is C22H64O4. The molecule has 0 saturated carbocycles. The van der Waals surface area contributed by atoms with Gasteiger partial charge in [-0.3, -0.25) is 4.79 Å². The van der Waals surface area contributed by atoms with Crippen LogP contribution in [0.15, 0.2) is 0 Å². The van der Waals surface area contributed by atoms with Crippen molar-refractivity contribution in [3.63, 3.8) is 0 Å². The number of ether oxygens (including phenoxy) is 3. The first-order valence-electron chi connectivity index (χ1n) is 6.06. The van der Waals surface area contributed by atoms with E-state index < -0.39 is 0 Å². The van der Waals surface area contributed by atoms with Gasteiger partial charge in [0.25, 0.3) is 0 Å². The summed E-state index contributed by atoms with van der Waals surface area (Å²) < 4.78 is 15.5. The molecule has 0 aromatic heterocycles. The highest BCUT2D eigenvalue weighted by Gasteiger charge is 1.94. The van der Waals surface area contributed by atoms with Crippen molar-refractivity contribution in [1.82, 2.24) is 0 Å². The van der Waals surface area contributed by atoms with E-state index in [0.29, 0.717) is 6.61 Å². The van der Waals surface area contributed by atoms with Gasteiger partial charge in [-0.15, -0.1) is 0 Å². The number of hydrogen-bond acceptors (Lipinski definition) is 4. The summed E-state index contributed by atoms with van der Waals surface area (Å²) in [5.74, 6) is -0.214. The monoisotopic (exact) mass is 392 g/mol. The zero-order chi connectivity index (χ0) is 12.1. The summed E-state index contributed by atoms with van der Waals surface area (Å²) in [5.41, 5.74) is 0. The molecule has 0 radical (unpaired) electrons. The van der Waals surface area contributed by atoms with Crippen LogP contribution in [0.5, 0.6) is 0 Å². The van der Waals surface area contributed by atoms with Crippen LogP contribution in [0.3, 0.4) is 0 Å². The Morgan fingerprint density at radius 1 is 0.577 bits per heavy atom. The van der Waals surface area contributed by atoms with Crippen LogP contribution >= 0.6 is 0 Å². The van der Waals surface area contributed by atoms with Gasteiger partial charge in [0.15, 0.2) is 0 Å². The Balaban J connectivity index is -0.0000000250. The molecule has 0 aromatic rings. The quantitative estimate of drug-likeness (QED) is 0.261. The average Bonchev–Trinajstić information content (AvgIpc) is 2.25. The lowest BCUT2D eigenvalue weighted by Crippen LogP contribution is -2.04. The lowest BCUT2D eigenvalue weighted by molar-refractivity contribution is -0.141. The molecule has 0 aliphatic rings. The SMILES string of the molecule is C.C.C.C.C.C.C.C.C.C.CCCOCCCOCCCCOC(C)=O. The molecule has 0 fully saturated rings. The van der Waals surface area contributed by atoms with Crippen LogP contribution in [0.25, 0.3) is 0 Å². The van der Waals surface area contributed by atoms with E-state index in [1.54, 1.807) is 0 Å². The van der Waals surface area contributed by atoms with Crippen molar-refractivity contribution in [2.45, 2.75) is 114 Å². The Kier molecular flexibility index (Phi) is 181. The van der Waals surface area contributed by atoms with E-state index in [2.05, 4.69) is 6.92 Å². The molecule has 0 spiro atoms. The molecule has 0 heterocycles. The second kappa shape index (κ2) is 64.4. The first-order chi connectivity index (χ1) is 7.77. The number of unbranched alkanes of at least 4 members (excludes halogenated alkanes) is 1. The van der Waals surface area contributed by atoms with Gasteiger partial charge < -0.3 is 14.2 Å². The minimum Gasteiger partial charge on any atom is -0.466 e. The van der Waals surface area contributed by atoms with Crippen LogP contribution < -0.4 is 0 Å². The fourth-order valence-electron chi connectivity index (χ4n) is 1.13. The summed E-state index contributed by atoms with van der Waals surface area (Å²) >= 11 is 0. The second-order valence-electron chi connectivity index (χ2n) is 3.63. The Bertz CT molecular complexity index is 162. The van der Waals surface area contributed by atoms with Crippen molar-refractivity contribution in [3.05, 3.63) is 0 Å². The lowest BCUT2D eigenvalue weighted by Gasteiger charge is -2.05. The minimum absolute atomic E-state index is 0. The molecule has 0 rings (SSSR count). The first-order valence-corrected chi connectivity index (χ1v) is 6.06. The largest absolute Gasteiger partial charge is 0.466 e. The van der Waals surface area contributed by atoms with Gasteiger partial charge >= 0.3 is 5.97 Å².